The number of aromatic nitrogens is 2. The van der Waals surface area contributed by atoms with Crippen LogP contribution in [-0.4, -0.2) is 39.1 Å². The third-order valence-electron chi connectivity index (χ3n) is 5.12. The zero-order valence-electron chi connectivity index (χ0n) is 17.2. The molecule has 8 nitrogen and oxygen atoms in total. The summed E-state index contributed by atoms with van der Waals surface area (Å²) in [5, 5.41) is 2.68. The lowest BCUT2D eigenvalue weighted by molar-refractivity contribution is -0.136. The van der Waals surface area contributed by atoms with Crippen molar-refractivity contribution >= 4 is 22.8 Å². The van der Waals surface area contributed by atoms with Crippen molar-refractivity contribution in [3.05, 3.63) is 53.9 Å². The summed E-state index contributed by atoms with van der Waals surface area (Å²) in [5.74, 6) is 1.69. The molecule has 4 rings (SSSR count). The Morgan fingerprint density at radius 3 is 2.70 bits per heavy atom. The molecule has 0 spiro atoms. The first-order valence-corrected chi connectivity index (χ1v) is 9.77. The van der Waals surface area contributed by atoms with E-state index < -0.39 is 6.04 Å². The number of fused-ring (bicyclic) bond motifs is 2. The number of rotatable bonds is 6. The molecule has 0 saturated heterocycles. The molecule has 2 aromatic carbocycles. The first-order valence-electron chi connectivity index (χ1n) is 9.77. The maximum atomic E-state index is 13.2. The van der Waals surface area contributed by atoms with E-state index in [1.165, 1.54) is 6.92 Å². The molecule has 3 aromatic rings. The second kappa shape index (κ2) is 8.06. The largest absolute Gasteiger partial charge is 0.454 e. The number of imidazole rings is 1. The highest BCUT2D eigenvalue weighted by Crippen LogP contribution is 2.33. The minimum Gasteiger partial charge on any atom is -0.454 e. The molecule has 2 heterocycles. The summed E-state index contributed by atoms with van der Waals surface area (Å²) in [6.07, 6.45) is 0. The summed E-state index contributed by atoms with van der Waals surface area (Å²) >= 11 is 0. The number of hydrogen-bond acceptors (Lipinski definition) is 5. The van der Waals surface area contributed by atoms with Gasteiger partial charge in [-0.25, -0.2) is 4.98 Å². The molecule has 30 heavy (non-hydrogen) atoms. The zero-order valence-corrected chi connectivity index (χ0v) is 17.2. The summed E-state index contributed by atoms with van der Waals surface area (Å²) in [6, 6.07) is 12.8. The van der Waals surface area contributed by atoms with E-state index in [-0.39, 0.29) is 18.6 Å². The fourth-order valence-corrected chi connectivity index (χ4v) is 3.62. The topological polar surface area (TPSA) is 85.7 Å². The zero-order chi connectivity index (χ0) is 21.3. The lowest BCUT2D eigenvalue weighted by Crippen LogP contribution is -2.46. The van der Waals surface area contributed by atoms with Gasteiger partial charge in [-0.2, -0.15) is 0 Å². The highest BCUT2D eigenvalue weighted by atomic mass is 16.7. The summed E-state index contributed by atoms with van der Waals surface area (Å²) in [6.45, 7) is 3.94. The molecule has 1 aliphatic heterocycles. The molecule has 1 unspecified atom stereocenters. The fourth-order valence-electron chi connectivity index (χ4n) is 3.62. The highest BCUT2D eigenvalue weighted by Gasteiger charge is 2.24. The lowest BCUT2D eigenvalue weighted by Gasteiger charge is -2.26. The minimum absolute atomic E-state index is 0.185. The molecule has 1 aromatic heterocycles. The summed E-state index contributed by atoms with van der Waals surface area (Å²) in [7, 11) is 1.94. The average molecular weight is 408 g/mol. The Morgan fingerprint density at radius 1 is 1.17 bits per heavy atom. The van der Waals surface area contributed by atoms with Gasteiger partial charge in [0.1, 0.15) is 11.9 Å². The molecule has 0 bridgehead atoms. The number of para-hydroxylation sites is 2. The van der Waals surface area contributed by atoms with Crippen LogP contribution in [0, 0.1) is 0 Å². The van der Waals surface area contributed by atoms with Crippen molar-refractivity contribution in [2.75, 3.05) is 6.79 Å². The Labute approximate surface area is 174 Å². The third-order valence-corrected chi connectivity index (χ3v) is 5.12. The highest BCUT2D eigenvalue weighted by molar-refractivity contribution is 5.86. The SMILES string of the molecule is CC(=O)NC(C)C(=O)N(Cc1ccc2c(c1)OCO2)Cc1nc2ccccc2n1C. The van der Waals surface area contributed by atoms with Crippen LogP contribution in [0.25, 0.3) is 11.0 Å². The van der Waals surface area contributed by atoms with Crippen LogP contribution in [0.15, 0.2) is 42.5 Å². The number of nitrogens with zero attached hydrogens (tertiary/aromatic N) is 3. The van der Waals surface area contributed by atoms with Gasteiger partial charge in [0.2, 0.25) is 18.6 Å². The summed E-state index contributed by atoms with van der Waals surface area (Å²) in [4.78, 5) is 31.0. The van der Waals surface area contributed by atoms with Crippen LogP contribution in [0.1, 0.15) is 25.2 Å². The number of hydrogen-bond donors (Lipinski definition) is 1. The van der Waals surface area contributed by atoms with Crippen LogP contribution in [-0.2, 0) is 29.7 Å². The van der Waals surface area contributed by atoms with Gasteiger partial charge in [-0.3, -0.25) is 9.59 Å². The van der Waals surface area contributed by atoms with Gasteiger partial charge < -0.3 is 24.3 Å². The van der Waals surface area contributed by atoms with Crippen LogP contribution >= 0.6 is 0 Å². The predicted molar refractivity (Wildman–Crippen MR) is 111 cm³/mol. The number of benzene rings is 2. The van der Waals surface area contributed by atoms with Gasteiger partial charge in [0.25, 0.3) is 0 Å². The van der Waals surface area contributed by atoms with Gasteiger partial charge in [-0.15, -0.1) is 0 Å². The van der Waals surface area contributed by atoms with Crippen LogP contribution in [0.3, 0.4) is 0 Å². The first kappa shape index (κ1) is 19.8. The quantitative estimate of drug-likeness (QED) is 0.677. The van der Waals surface area contributed by atoms with Crippen molar-refractivity contribution in [3.8, 4) is 11.5 Å². The Hall–Kier alpha value is -3.55. The van der Waals surface area contributed by atoms with Crippen molar-refractivity contribution in [1.82, 2.24) is 19.8 Å². The van der Waals surface area contributed by atoms with E-state index in [1.54, 1.807) is 11.8 Å². The monoisotopic (exact) mass is 408 g/mol. The molecule has 0 radical (unpaired) electrons. The van der Waals surface area contributed by atoms with E-state index in [4.69, 9.17) is 14.5 Å². The van der Waals surface area contributed by atoms with Crippen LogP contribution in [0.2, 0.25) is 0 Å². The number of ether oxygens (including phenoxy) is 2. The first-order chi connectivity index (χ1) is 14.4. The maximum absolute atomic E-state index is 13.2. The summed E-state index contributed by atoms with van der Waals surface area (Å²) < 4.78 is 12.8. The molecule has 1 atom stereocenters. The van der Waals surface area contributed by atoms with E-state index >= 15 is 0 Å². The van der Waals surface area contributed by atoms with Gasteiger partial charge in [-0.1, -0.05) is 18.2 Å². The Balaban J connectivity index is 1.63. The predicted octanol–water partition coefficient (Wildman–Crippen LogP) is 2.36. The van der Waals surface area contributed by atoms with Gasteiger partial charge >= 0.3 is 0 Å². The Morgan fingerprint density at radius 2 is 1.93 bits per heavy atom. The van der Waals surface area contributed by atoms with E-state index in [2.05, 4.69) is 5.32 Å². The number of carbonyl (C=O) groups excluding carboxylic acids is 2. The number of nitrogens with one attached hydrogen (secondary N) is 1. The van der Waals surface area contributed by atoms with Crippen LogP contribution in [0.4, 0.5) is 0 Å². The van der Waals surface area contributed by atoms with Crippen LogP contribution in [0.5, 0.6) is 11.5 Å². The normalized spacial score (nSPS) is 13.3. The number of aryl methyl sites for hydroxylation is 1. The molecule has 1 N–H and O–H groups in total. The second-order valence-corrected chi connectivity index (χ2v) is 7.38. The standard InChI is InChI=1S/C22H24N4O4/c1-14(23-15(2)27)22(28)26(11-16-8-9-19-20(10-16)30-13-29-19)12-21-24-17-6-4-5-7-18(17)25(21)3/h4-10,14H,11-13H2,1-3H3,(H,23,27). The van der Waals surface area contributed by atoms with Gasteiger partial charge in [0.05, 0.1) is 17.6 Å². The van der Waals surface area contributed by atoms with Crippen molar-refractivity contribution in [1.29, 1.82) is 0 Å². The molecular formula is C22H24N4O4. The Bertz CT molecular complexity index is 1110. The third kappa shape index (κ3) is 3.94. The van der Waals surface area contributed by atoms with Gasteiger partial charge in [0, 0.05) is 20.5 Å². The molecule has 0 saturated carbocycles. The number of amides is 2. The van der Waals surface area contributed by atoms with E-state index in [0.717, 1.165) is 22.4 Å². The average Bonchev–Trinajstić information content (AvgIpc) is 3.31. The molecule has 1 aliphatic rings. The minimum atomic E-state index is -0.647. The van der Waals surface area contributed by atoms with Crippen molar-refractivity contribution in [3.63, 3.8) is 0 Å². The number of carbonyl (C=O) groups is 2. The van der Waals surface area contributed by atoms with Crippen molar-refractivity contribution in [2.45, 2.75) is 33.0 Å². The fraction of sp³-hybridized carbons (Fsp3) is 0.318. The molecule has 0 fully saturated rings. The molecular weight excluding hydrogens is 384 g/mol. The molecule has 0 aliphatic carbocycles. The van der Waals surface area contributed by atoms with Crippen LogP contribution < -0.4 is 14.8 Å². The second-order valence-electron chi connectivity index (χ2n) is 7.38. The molecule has 2 amide bonds. The van der Waals surface area contributed by atoms with Gasteiger partial charge in [-0.05, 0) is 36.8 Å². The van der Waals surface area contributed by atoms with E-state index in [9.17, 15) is 9.59 Å². The summed E-state index contributed by atoms with van der Waals surface area (Å²) in [5.41, 5.74) is 2.78. The molecule has 156 valence electrons. The Kier molecular flexibility index (Phi) is 5.31. The van der Waals surface area contributed by atoms with Crippen molar-refractivity contribution < 1.29 is 19.1 Å². The van der Waals surface area contributed by atoms with E-state index in [0.29, 0.717) is 24.6 Å². The van der Waals surface area contributed by atoms with Crippen molar-refractivity contribution in [2.24, 2.45) is 7.05 Å². The van der Waals surface area contributed by atoms with E-state index in [1.807, 2.05) is 54.1 Å². The maximum Gasteiger partial charge on any atom is 0.245 e. The molecule has 8 heteroatoms. The van der Waals surface area contributed by atoms with Gasteiger partial charge in [0.15, 0.2) is 11.5 Å². The smallest absolute Gasteiger partial charge is 0.245 e. The lowest BCUT2D eigenvalue weighted by atomic mass is 10.1.